The maximum atomic E-state index is 13.6. The maximum absolute atomic E-state index is 13.6. The molecule has 0 radical (unpaired) electrons. The predicted octanol–water partition coefficient (Wildman–Crippen LogP) is 2.27. The second kappa shape index (κ2) is 10.6. The Bertz CT molecular complexity index is 933. The molecule has 3 fully saturated rings. The highest BCUT2D eigenvalue weighted by atomic mass is 16.5. The van der Waals surface area contributed by atoms with Crippen molar-refractivity contribution in [2.45, 2.75) is 65.1 Å². The second-order valence-electron chi connectivity index (χ2n) is 11.4. The van der Waals surface area contributed by atoms with Crippen molar-refractivity contribution in [3.05, 3.63) is 29.8 Å². The van der Waals surface area contributed by atoms with E-state index >= 15 is 0 Å². The standard InChI is InChI=1S/C27H40N4O4/c1-27(2,3)16-24(32)30(17-19-6-5-7-22(14-19)35-4)21-15-23(26(34)29-12-10-28-11-13-29)31(18-21)25(33)20-8-9-20/h5-7,14,20-21,23,28H,8-13,15-18H2,1-4H3. The Morgan fingerprint density at radius 3 is 2.46 bits per heavy atom. The summed E-state index contributed by atoms with van der Waals surface area (Å²) in [5.41, 5.74) is 0.811. The highest BCUT2D eigenvalue weighted by Gasteiger charge is 2.47. The van der Waals surface area contributed by atoms with Crippen LogP contribution in [-0.2, 0) is 20.9 Å². The highest BCUT2D eigenvalue weighted by molar-refractivity contribution is 5.90. The normalized spacial score (nSPS) is 22.7. The largest absolute Gasteiger partial charge is 0.497 e. The number of piperazine rings is 1. The molecule has 1 N–H and O–H groups in total. The van der Waals surface area contributed by atoms with E-state index in [2.05, 4.69) is 26.1 Å². The highest BCUT2D eigenvalue weighted by Crippen LogP contribution is 2.36. The molecule has 3 amide bonds. The number of benzene rings is 1. The summed E-state index contributed by atoms with van der Waals surface area (Å²) in [6.45, 7) is 9.86. The van der Waals surface area contributed by atoms with Crippen molar-refractivity contribution in [3.8, 4) is 5.75 Å². The first kappa shape index (κ1) is 25.5. The number of nitrogens with one attached hydrogen (secondary N) is 1. The molecular weight excluding hydrogens is 444 g/mol. The summed E-state index contributed by atoms with van der Waals surface area (Å²) in [7, 11) is 1.63. The molecule has 1 aromatic rings. The van der Waals surface area contributed by atoms with Crippen LogP contribution in [0.15, 0.2) is 24.3 Å². The predicted molar refractivity (Wildman–Crippen MR) is 134 cm³/mol. The summed E-state index contributed by atoms with van der Waals surface area (Å²) in [5, 5.41) is 3.29. The van der Waals surface area contributed by atoms with Gasteiger partial charge in [0.1, 0.15) is 11.8 Å². The number of rotatable bonds is 7. The number of carbonyl (C=O) groups excluding carboxylic acids is 3. The van der Waals surface area contributed by atoms with Crippen LogP contribution >= 0.6 is 0 Å². The fraction of sp³-hybridized carbons (Fsp3) is 0.667. The first-order valence-corrected chi connectivity index (χ1v) is 12.9. The molecule has 2 heterocycles. The van der Waals surface area contributed by atoms with Gasteiger partial charge >= 0.3 is 0 Å². The Balaban J connectivity index is 1.59. The molecule has 1 aliphatic carbocycles. The van der Waals surface area contributed by atoms with Crippen LogP contribution in [0.2, 0.25) is 0 Å². The fourth-order valence-corrected chi connectivity index (χ4v) is 5.12. The molecule has 1 saturated carbocycles. The molecule has 8 heteroatoms. The minimum absolute atomic E-state index is 0.0209. The van der Waals surface area contributed by atoms with Gasteiger partial charge in [0.05, 0.1) is 13.2 Å². The van der Waals surface area contributed by atoms with Crippen molar-refractivity contribution in [3.63, 3.8) is 0 Å². The fourth-order valence-electron chi connectivity index (χ4n) is 5.12. The number of nitrogens with zero attached hydrogens (tertiary/aromatic N) is 3. The Morgan fingerprint density at radius 2 is 1.83 bits per heavy atom. The van der Waals surface area contributed by atoms with Gasteiger partial charge in [0.15, 0.2) is 0 Å². The van der Waals surface area contributed by atoms with E-state index < -0.39 is 6.04 Å². The van der Waals surface area contributed by atoms with Crippen LogP contribution in [0.25, 0.3) is 0 Å². The van der Waals surface area contributed by atoms with Gasteiger partial charge in [0, 0.05) is 51.6 Å². The van der Waals surface area contributed by atoms with Crippen LogP contribution in [0.3, 0.4) is 0 Å². The van der Waals surface area contributed by atoms with Gasteiger partial charge in [-0.15, -0.1) is 0 Å². The summed E-state index contributed by atoms with van der Waals surface area (Å²) in [5.74, 6) is 0.927. The summed E-state index contributed by atoms with van der Waals surface area (Å²) in [4.78, 5) is 45.9. The monoisotopic (exact) mass is 484 g/mol. The number of carbonyl (C=O) groups is 3. The van der Waals surface area contributed by atoms with E-state index in [1.165, 1.54) is 0 Å². The van der Waals surface area contributed by atoms with E-state index in [1.54, 1.807) is 12.0 Å². The average Bonchev–Trinajstić information content (AvgIpc) is 3.59. The molecule has 0 bridgehead atoms. The van der Waals surface area contributed by atoms with E-state index in [4.69, 9.17) is 4.74 Å². The third-order valence-corrected chi connectivity index (χ3v) is 7.13. The van der Waals surface area contributed by atoms with Crippen molar-refractivity contribution in [2.24, 2.45) is 11.3 Å². The number of hydrogen-bond donors (Lipinski definition) is 1. The SMILES string of the molecule is COc1cccc(CN(C(=O)CC(C)(C)C)C2CC(C(=O)N3CCNCC3)N(C(=O)C3CC3)C2)c1. The number of ether oxygens (including phenoxy) is 1. The van der Waals surface area contributed by atoms with E-state index in [-0.39, 0.29) is 35.1 Å². The summed E-state index contributed by atoms with van der Waals surface area (Å²) < 4.78 is 5.39. The molecule has 8 nitrogen and oxygen atoms in total. The molecule has 2 atom stereocenters. The van der Waals surface area contributed by atoms with Crippen molar-refractivity contribution >= 4 is 17.7 Å². The van der Waals surface area contributed by atoms with Gasteiger partial charge in [-0.25, -0.2) is 0 Å². The summed E-state index contributed by atoms with van der Waals surface area (Å²) in [6, 6.07) is 7.05. The summed E-state index contributed by atoms with van der Waals surface area (Å²) in [6.07, 6.45) is 2.68. The minimum Gasteiger partial charge on any atom is -0.497 e. The van der Waals surface area contributed by atoms with E-state index in [1.807, 2.05) is 34.1 Å². The zero-order chi connectivity index (χ0) is 25.2. The van der Waals surface area contributed by atoms with Crippen LogP contribution in [0, 0.1) is 11.3 Å². The average molecular weight is 485 g/mol. The van der Waals surface area contributed by atoms with Gasteiger partial charge < -0.3 is 24.8 Å². The molecule has 35 heavy (non-hydrogen) atoms. The lowest BCUT2D eigenvalue weighted by Gasteiger charge is -2.32. The molecule has 192 valence electrons. The Kier molecular flexibility index (Phi) is 7.69. The first-order valence-electron chi connectivity index (χ1n) is 12.9. The molecule has 2 aliphatic heterocycles. The molecule has 3 aliphatic rings. The molecule has 0 aromatic heterocycles. The molecular formula is C27H40N4O4. The molecule has 2 unspecified atom stereocenters. The molecule has 1 aromatic carbocycles. The van der Waals surface area contributed by atoms with Crippen LogP contribution < -0.4 is 10.1 Å². The topological polar surface area (TPSA) is 82.2 Å². The van der Waals surface area contributed by atoms with Crippen molar-refractivity contribution in [2.75, 3.05) is 39.8 Å². The van der Waals surface area contributed by atoms with Gasteiger partial charge in [-0.05, 0) is 42.4 Å². The number of amides is 3. The number of methoxy groups -OCH3 is 1. The lowest BCUT2D eigenvalue weighted by Crippen LogP contribution is -2.53. The van der Waals surface area contributed by atoms with Gasteiger partial charge in [0.2, 0.25) is 17.7 Å². The maximum Gasteiger partial charge on any atom is 0.245 e. The third-order valence-electron chi connectivity index (χ3n) is 7.13. The lowest BCUT2D eigenvalue weighted by molar-refractivity contribution is -0.144. The van der Waals surface area contributed by atoms with Crippen LogP contribution in [0.5, 0.6) is 5.75 Å². The Labute approximate surface area is 209 Å². The van der Waals surface area contributed by atoms with Crippen molar-refractivity contribution < 1.29 is 19.1 Å². The number of hydrogen-bond acceptors (Lipinski definition) is 5. The summed E-state index contributed by atoms with van der Waals surface area (Å²) >= 11 is 0. The Morgan fingerprint density at radius 1 is 1.11 bits per heavy atom. The van der Waals surface area contributed by atoms with Crippen LogP contribution in [-0.4, -0.2) is 84.3 Å². The van der Waals surface area contributed by atoms with Gasteiger partial charge in [-0.3, -0.25) is 14.4 Å². The Hall–Kier alpha value is -2.61. The number of likely N-dealkylation sites (tertiary alicyclic amines) is 1. The second-order valence-corrected chi connectivity index (χ2v) is 11.4. The smallest absolute Gasteiger partial charge is 0.245 e. The molecule has 2 saturated heterocycles. The molecule has 0 spiro atoms. The van der Waals surface area contributed by atoms with Crippen LogP contribution in [0.4, 0.5) is 0 Å². The first-order chi connectivity index (χ1) is 16.7. The zero-order valence-electron chi connectivity index (χ0n) is 21.6. The minimum atomic E-state index is -0.499. The van der Waals surface area contributed by atoms with E-state index in [0.29, 0.717) is 39.0 Å². The lowest BCUT2D eigenvalue weighted by atomic mass is 9.91. The van der Waals surface area contributed by atoms with Crippen molar-refractivity contribution in [1.29, 1.82) is 0 Å². The van der Waals surface area contributed by atoms with Gasteiger partial charge in [0.25, 0.3) is 0 Å². The van der Waals surface area contributed by atoms with E-state index in [9.17, 15) is 14.4 Å². The quantitative estimate of drug-likeness (QED) is 0.642. The van der Waals surface area contributed by atoms with Gasteiger partial charge in [-0.2, -0.15) is 0 Å². The van der Waals surface area contributed by atoms with Crippen LogP contribution in [0.1, 0.15) is 52.0 Å². The van der Waals surface area contributed by atoms with E-state index in [0.717, 1.165) is 37.2 Å². The third kappa shape index (κ3) is 6.34. The molecule has 4 rings (SSSR count). The zero-order valence-corrected chi connectivity index (χ0v) is 21.6. The van der Waals surface area contributed by atoms with Gasteiger partial charge in [-0.1, -0.05) is 32.9 Å². The van der Waals surface area contributed by atoms with Crippen molar-refractivity contribution in [1.82, 2.24) is 20.0 Å².